The minimum atomic E-state index is -1.53. The van der Waals surface area contributed by atoms with Gasteiger partial charge in [0.15, 0.2) is 5.11 Å². The molecule has 2 rings (SSSR count). The third-order valence-electron chi connectivity index (χ3n) is 4.71. The average Bonchev–Trinajstić information content (AvgIpc) is 2.74. The van der Waals surface area contributed by atoms with Gasteiger partial charge < -0.3 is 40.5 Å². The number of carboxylic acids is 1. The third kappa shape index (κ3) is 7.97. The first-order valence-electron chi connectivity index (χ1n) is 9.98. The molecule has 31 heavy (non-hydrogen) atoms. The van der Waals surface area contributed by atoms with Gasteiger partial charge in [0.05, 0.1) is 6.10 Å². The molecule has 0 saturated carbocycles. The van der Waals surface area contributed by atoms with Crippen molar-refractivity contribution in [1.29, 1.82) is 0 Å². The number of rotatable bonds is 10. The smallest absolute Gasteiger partial charge is 0.303 e. The van der Waals surface area contributed by atoms with Gasteiger partial charge in [-0.2, -0.15) is 0 Å². The molecule has 170 valence electrons. The van der Waals surface area contributed by atoms with Gasteiger partial charge in [0.25, 0.3) is 0 Å². The van der Waals surface area contributed by atoms with Crippen molar-refractivity contribution in [2.24, 2.45) is 0 Å². The van der Waals surface area contributed by atoms with Gasteiger partial charge >= 0.3 is 5.97 Å². The number of hydrogen-bond acceptors (Lipinski definition) is 7. The van der Waals surface area contributed by atoms with Crippen LogP contribution in [0.3, 0.4) is 0 Å². The van der Waals surface area contributed by atoms with E-state index in [4.69, 9.17) is 33.2 Å². The van der Waals surface area contributed by atoms with Crippen molar-refractivity contribution in [3.05, 3.63) is 24.3 Å². The largest absolute Gasteiger partial charge is 0.481 e. The number of nitrogens with one attached hydrogen (secondary N) is 2. The van der Waals surface area contributed by atoms with Gasteiger partial charge in [-0.05, 0) is 55.7 Å². The van der Waals surface area contributed by atoms with E-state index in [0.717, 1.165) is 19.3 Å². The maximum absolute atomic E-state index is 10.8. The Morgan fingerprint density at radius 1 is 1.16 bits per heavy atom. The molecule has 10 heteroatoms. The van der Waals surface area contributed by atoms with Gasteiger partial charge in [0.2, 0.25) is 6.29 Å². The van der Waals surface area contributed by atoms with Crippen LogP contribution < -0.4 is 15.4 Å². The summed E-state index contributed by atoms with van der Waals surface area (Å²) in [5.74, 6) is 1.88. The summed E-state index contributed by atoms with van der Waals surface area (Å²) in [7, 11) is 0. The van der Waals surface area contributed by atoms with Crippen molar-refractivity contribution in [3.8, 4) is 18.1 Å². The summed E-state index contributed by atoms with van der Waals surface area (Å²) in [5, 5.41) is 45.6. The summed E-state index contributed by atoms with van der Waals surface area (Å²) in [4.78, 5) is 10.8. The molecule has 1 saturated heterocycles. The molecule has 1 aromatic carbocycles. The van der Waals surface area contributed by atoms with Crippen LogP contribution in [0.4, 0.5) is 5.69 Å². The molecule has 5 atom stereocenters. The second-order valence-corrected chi connectivity index (χ2v) is 7.54. The molecule has 1 unspecified atom stereocenters. The van der Waals surface area contributed by atoms with Crippen molar-refractivity contribution in [2.45, 2.75) is 62.8 Å². The molecular formula is C21H28N2O7S. The first-order chi connectivity index (χ1) is 14.8. The Hall–Kier alpha value is -2.42. The first-order valence-corrected chi connectivity index (χ1v) is 10.4. The molecular weight excluding hydrogens is 424 g/mol. The van der Waals surface area contributed by atoms with Crippen LogP contribution >= 0.6 is 12.2 Å². The Bertz CT molecular complexity index is 768. The number of hydrogen-bond donors (Lipinski definition) is 6. The second-order valence-electron chi connectivity index (χ2n) is 7.13. The lowest BCUT2D eigenvalue weighted by molar-refractivity contribution is -0.273. The number of benzene rings is 1. The fourth-order valence-corrected chi connectivity index (χ4v) is 3.22. The average molecular weight is 453 g/mol. The lowest BCUT2D eigenvalue weighted by Gasteiger charge is -2.40. The van der Waals surface area contributed by atoms with E-state index in [0.29, 0.717) is 23.1 Å². The fraction of sp³-hybridized carbons (Fsp3) is 0.524. The van der Waals surface area contributed by atoms with Crippen molar-refractivity contribution < 1.29 is 34.7 Å². The Labute approximate surface area is 186 Å². The number of aliphatic carboxylic acids is 1. The van der Waals surface area contributed by atoms with E-state index < -0.39 is 36.7 Å². The van der Waals surface area contributed by atoms with Crippen molar-refractivity contribution in [2.75, 3.05) is 11.9 Å². The van der Waals surface area contributed by atoms with Crippen molar-refractivity contribution in [3.63, 3.8) is 0 Å². The van der Waals surface area contributed by atoms with E-state index in [-0.39, 0.29) is 12.8 Å². The van der Waals surface area contributed by atoms with Gasteiger partial charge in [0, 0.05) is 25.1 Å². The standard InChI is InChI=1S/C21H28N2O7S/c1-2-3-4-5-12-22-21(31)23-13-6-8-14(9-7-13)29-20-19(28)18(27)17(26)15(30-20)10-11-16(24)25/h1,6-9,15,17-20,26-28H,3-5,10-12H2,(H,24,25)(H2,22,23,31)/t15-,17-,18+,19+,20?/m1/s1. The highest BCUT2D eigenvalue weighted by atomic mass is 32.1. The maximum Gasteiger partial charge on any atom is 0.303 e. The number of carbonyl (C=O) groups is 1. The van der Waals surface area contributed by atoms with Gasteiger partial charge in [-0.25, -0.2) is 0 Å². The van der Waals surface area contributed by atoms with E-state index in [2.05, 4.69) is 16.6 Å². The predicted molar refractivity (Wildman–Crippen MR) is 118 cm³/mol. The predicted octanol–water partition coefficient (Wildman–Crippen LogP) is 0.828. The minimum absolute atomic E-state index is 0.0316. The third-order valence-corrected chi connectivity index (χ3v) is 4.96. The summed E-state index contributed by atoms with van der Waals surface area (Å²) < 4.78 is 11.1. The molecule has 1 aliphatic heterocycles. The van der Waals surface area contributed by atoms with Crippen LogP contribution in [0.2, 0.25) is 0 Å². The molecule has 1 heterocycles. The van der Waals surface area contributed by atoms with Gasteiger partial charge in [0.1, 0.15) is 24.1 Å². The highest BCUT2D eigenvalue weighted by Gasteiger charge is 2.44. The fourth-order valence-electron chi connectivity index (χ4n) is 3.00. The second kappa shape index (κ2) is 12.4. The highest BCUT2D eigenvalue weighted by molar-refractivity contribution is 7.80. The Morgan fingerprint density at radius 3 is 2.52 bits per heavy atom. The number of aliphatic hydroxyl groups is 3. The van der Waals surface area contributed by atoms with Crippen LogP contribution in [0.15, 0.2) is 24.3 Å². The molecule has 0 radical (unpaired) electrons. The quantitative estimate of drug-likeness (QED) is 0.172. The summed E-state index contributed by atoms with van der Waals surface area (Å²) in [5.41, 5.74) is 0.716. The zero-order valence-electron chi connectivity index (χ0n) is 16.9. The number of carboxylic acid groups (broad SMARTS) is 1. The summed E-state index contributed by atoms with van der Waals surface area (Å²) >= 11 is 5.23. The molecule has 0 bridgehead atoms. The zero-order valence-corrected chi connectivity index (χ0v) is 17.8. The molecule has 6 N–H and O–H groups in total. The number of aliphatic hydroxyl groups excluding tert-OH is 3. The monoisotopic (exact) mass is 452 g/mol. The molecule has 0 spiro atoms. The van der Waals surface area contributed by atoms with E-state index in [9.17, 15) is 20.1 Å². The van der Waals surface area contributed by atoms with E-state index >= 15 is 0 Å². The lowest BCUT2D eigenvalue weighted by atomic mass is 9.96. The van der Waals surface area contributed by atoms with Crippen molar-refractivity contribution in [1.82, 2.24) is 5.32 Å². The zero-order chi connectivity index (χ0) is 22.8. The van der Waals surface area contributed by atoms with Crippen molar-refractivity contribution >= 4 is 29.0 Å². The summed E-state index contributed by atoms with van der Waals surface area (Å²) in [6.45, 7) is 0.711. The SMILES string of the molecule is C#CCCCCNC(=S)Nc1ccc(OC2O[C@H](CCC(=O)O)[C@@H](O)[C@H](O)[C@@H]2O)cc1. The highest BCUT2D eigenvalue weighted by Crippen LogP contribution is 2.27. The molecule has 1 fully saturated rings. The number of anilines is 1. The molecule has 1 aromatic rings. The van der Waals surface area contributed by atoms with Gasteiger partial charge in [-0.15, -0.1) is 12.3 Å². The minimum Gasteiger partial charge on any atom is -0.481 e. The van der Waals surface area contributed by atoms with Crippen LogP contribution in [0.25, 0.3) is 0 Å². The molecule has 1 aliphatic rings. The van der Waals surface area contributed by atoms with Crippen LogP contribution in [0, 0.1) is 12.3 Å². The van der Waals surface area contributed by atoms with E-state index in [1.807, 2.05) is 0 Å². The normalized spacial score (nSPS) is 25.3. The van der Waals surface area contributed by atoms with Crippen LogP contribution in [-0.2, 0) is 9.53 Å². The summed E-state index contributed by atoms with van der Waals surface area (Å²) in [6, 6.07) is 6.67. The van der Waals surface area contributed by atoms with Crippen LogP contribution in [0.5, 0.6) is 5.75 Å². The Morgan fingerprint density at radius 2 is 1.87 bits per heavy atom. The topological polar surface area (TPSA) is 141 Å². The first kappa shape index (κ1) is 24.8. The van der Waals surface area contributed by atoms with E-state index in [1.165, 1.54) is 0 Å². The number of ether oxygens (including phenoxy) is 2. The molecule has 0 amide bonds. The molecule has 9 nitrogen and oxygen atoms in total. The van der Waals surface area contributed by atoms with E-state index in [1.54, 1.807) is 24.3 Å². The van der Waals surface area contributed by atoms with Crippen LogP contribution in [0.1, 0.15) is 32.1 Å². The number of thiocarbonyl (C=S) groups is 1. The number of unbranched alkanes of at least 4 members (excludes halogenated alkanes) is 2. The number of terminal acetylenes is 1. The van der Waals surface area contributed by atoms with Crippen LogP contribution in [-0.4, -0.2) is 68.8 Å². The molecule has 0 aliphatic carbocycles. The Balaban J connectivity index is 1.87. The summed E-state index contributed by atoms with van der Waals surface area (Å²) in [6.07, 6.45) is 0.814. The Kier molecular flexibility index (Phi) is 9.97. The van der Waals surface area contributed by atoms with Gasteiger partial charge in [-0.3, -0.25) is 4.79 Å². The lowest BCUT2D eigenvalue weighted by Crippen LogP contribution is -2.59. The maximum atomic E-state index is 10.8. The molecule has 0 aromatic heterocycles. The van der Waals surface area contributed by atoms with Gasteiger partial charge in [-0.1, -0.05) is 0 Å².